The highest BCUT2D eigenvalue weighted by Crippen LogP contribution is 2.08. The average Bonchev–Trinajstić information content (AvgIpc) is 2.76. The molecule has 0 aliphatic carbocycles. The van der Waals surface area contributed by atoms with Gasteiger partial charge in [-0.05, 0) is 0 Å². The largest absolute Gasteiger partial charge is 0.354 e. The molecule has 6 N–H and O–H groups in total. The van der Waals surface area contributed by atoms with Crippen LogP contribution in [-0.4, -0.2) is 85.2 Å². The van der Waals surface area contributed by atoms with E-state index in [1.807, 2.05) is 67.8 Å². The van der Waals surface area contributed by atoms with E-state index in [0.29, 0.717) is 70.4 Å². The first kappa shape index (κ1) is 27.0. The average molecular weight is 759 g/mol. The molecule has 0 spiro atoms. The summed E-state index contributed by atoms with van der Waals surface area (Å²) < 4.78 is 1.19. The van der Waals surface area contributed by atoms with Gasteiger partial charge in [-0.1, -0.05) is 67.8 Å². The SMILES string of the molecule is O=C(CI)NCCNc1nc(NCCNC(=O)CI)nc(NCCNC(=O)CI)n1. The van der Waals surface area contributed by atoms with Gasteiger partial charge < -0.3 is 31.9 Å². The van der Waals surface area contributed by atoms with E-state index < -0.39 is 0 Å². The van der Waals surface area contributed by atoms with Crippen LogP contribution in [0.5, 0.6) is 0 Å². The van der Waals surface area contributed by atoms with Crippen molar-refractivity contribution in [1.82, 2.24) is 30.9 Å². The molecule has 1 heterocycles. The van der Waals surface area contributed by atoms with Crippen molar-refractivity contribution in [3.8, 4) is 0 Å². The molecule has 0 aliphatic rings. The van der Waals surface area contributed by atoms with Crippen molar-refractivity contribution in [3.63, 3.8) is 0 Å². The molecule has 0 saturated carbocycles. The van der Waals surface area contributed by atoms with Gasteiger partial charge in [0.15, 0.2) is 0 Å². The summed E-state index contributed by atoms with van der Waals surface area (Å²) >= 11 is 5.98. The lowest BCUT2D eigenvalue weighted by Crippen LogP contribution is -2.31. The van der Waals surface area contributed by atoms with E-state index in [1.54, 1.807) is 0 Å². The second kappa shape index (κ2) is 16.7. The van der Waals surface area contributed by atoms with Crippen LogP contribution in [-0.2, 0) is 14.4 Å². The molecule has 0 saturated heterocycles. The topological polar surface area (TPSA) is 162 Å². The van der Waals surface area contributed by atoms with E-state index in [-0.39, 0.29) is 17.7 Å². The molecule has 0 atom stereocenters. The summed E-state index contributed by atoms with van der Waals surface area (Å²) in [6.07, 6.45) is 0. The molecule has 0 radical (unpaired) electrons. The molecule has 0 unspecified atom stereocenters. The van der Waals surface area contributed by atoms with Crippen LogP contribution in [0.25, 0.3) is 0 Å². The van der Waals surface area contributed by atoms with Crippen molar-refractivity contribution < 1.29 is 14.4 Å². The molecule has 0 aromatic carbocycles. The quantitative estimate of drug-likeness (QED) is 0.0807. The van der Waals surface area contributed by atoms with Crippen LogP contribution >= 0.6 is 67.8 Å². The molecule has 0 aliphatic heterocycles. The lowest BCUT2D eigenvalue weighted by Gasteiger charge is -2.12. The number of rotatable bonds is 15. The van der Waals surface area contributed by atoms with Crippen LogP contribution < -0.4 is 31.9 Å². The Bertz CT molecular complexity index is 594. The number of amides is 3. The van der Waals surface area contributed by atoms with Crippen molar-refractivity contribution in [3.05, 3.63) is 0 Å². The van der Waals surface area contributed by atoms with Gasteiger partial charge >= 0.3 is 0 Å². The van der Waals surface area contributed by atoms with E-state index in [2.05, 4.69) is 46.9 Å². The zero-order valence-electron chi connectivity index (χ0n) is 16.1. The summed E-state index contributed by atoms with van der Waals surface area (Å²) in [6, 6.07) is 0. The van der Waals surface area contributed by atoms with Crippen molar-refractivity contribution in [2.45, 2.75) is 0 Å². The third kappa shape index (κ3) is 12.6. The molecule has 1 aromatic rings. The first-order chi connectivity index (χ1) is 14.5. The Hall–Kier alpha value is -0.990. The Morgan fingerprint density at radius 2 is 0.800 bits per heavy atom. The van der Waals surface area contributed by atoms with Crippen LogP contribution in [0.1, 0.15) is 0 Å². The fraction of sp³-hybridized carbons (Fsp3) is 0.600. The zero-order valence-corrected chi connectivity index (χ0v) is 22.5. The summed E-state index contributed by atoms with van der Waals surface area (Å²) in [5.41, 5.74) is 0. The number of anilines is 3. The lowest BCUT2D eigenvalue weighted by atomic mass is 10.5. The Morgan fingerprint density at radius 1 is 0.533 bits per heavy atom. The summed E-state index contributed by atoms with van der Waals surface area (Å²) in [7, 11) is 0. The fourth-order valence-corrected chi connectivity index (χ4v) is 2.69. The molecular weight excluding hydrogens is 735 g/mol. The monoisotopic (exact) mass is 759 g/mol. The summed E-state index contributed by atoms with van der Waals surface area (Å²) in [4.78, 5) is 46.8. The fourth-order valence-electron chi connectivity index (χ4n) is 1.88. The van der Waals surface area contributed by atoms with Crippen LogP contribution in [0.3, 0.4) is 0 Å². The van der Waals surface area contributed by atoms with Gasteiger partial charge in [-0.25, -0.2) is 0 Å². The third-order valence-corrected chi connectivity index (χ3v) is 5.27. The molecule has 0 fully saturated rings. The Morgan fingerprint density at radius 3 is 1.03 bits per heavy atom. The Labute approximate surface area is 215 Å². The first-order valence-electron chi connectivity index (χ1n) is 8.94. The minimum atomic E-state index is -0.0418. The van der Waals surface area contributed by atoms with Crippen molar-refractivity contribution >= 4 is 103 Å². The third-order valence-electron chi connectivity index (χ3n) is 3.19. The van der Waals surface area contributed by atoms with Crippen molar-refractivity contribution in [1.29, 1.82) is 0 Å². The van der Waals surface area contributed by atoms with E-state index >= 15 is 0 Å². The number of carbonyl (C=O) groups is 3. The van der Waals surface area contributed by atoms with Gasteiger partial charge in [-0.15, -0.1) is 0 Å². The van der Waals surface area contributed by atoms with Gasteiger partial charge in [-0.3, -0.25) is 14.4 Å². The molecule has 1 rings (SSSR count). The molecule has 15 heteroatoms. The van der Waals surface area contributed by atoms with Crippen molar-refractivity contribution in [2.24, 2.45) is 0 Å². The van der Waals surface area contributed by atoms with Crippen LogP contribution in [0.2, 0.25) is 0 Å². The van der Waals surface area contributed by atoms with Crippen LogP contribution in [0.4, 0.5) is 17.8 Å². The van der Waals surface area contributed by atoms with Gasteiger partial charge in [0.2, 0.25) is 35.6 Å². The summed E-state index contributed by atoms with van der Waals surface area (Å²) in [5, 5.41) is 17.4. The maximum Gasteiger partial charge on any atom is 0.229 e. The maximum absolute atomic E-state index is 11.3. The van der Waals surface area contributed by atoms with E-state index in [9.17, 15) is 14.4 Å². The molecule has 0 bridgehead atoms. The molecule has 1 aromatic heterocycles. The predicted molar refractivity (Wildman–Crippen MR) is 141 cm³/mol. The second-order valence-corrected chi connectivity index (χ2v) is 7.83. The molecule has 12 nitrogen and oxygen atoms in total. The number of alkyl halides is 3. The number of aromatic nitrogens is 3. The van der Waals surface area contributed by atoms with Crippen LogP contribution in [0, 0.1) is 0 Å². The minimum absolute atomic E-state index is 0.0418. The highest BCUT2D eigenvalue weighted by atomic mass is 127. The molecular formula is C15H24I3N9O3. The predicted octanol–water partition coefficient (Wildman–Crippen LogP) is -0.239. The maximum atomic E-state index is 11.3. The zero-order chi connectivity index (χ0) is 22.2. The summed E-state index contributed by atoms with van der Waals surface area (Å²) in [6.45, 7) is 2.64. The highest BCUT2D eigenvalue weighted by Gasteiger charge is 2.07. The van der Waals surface area contributed by atoms with Gasteiger partial charge in [0, 0.05) is 39.3 Å². The number of halogens is 3. The van der Waals surface area contributed by atoms with E-state index in [0.717, 1.165) is 0 Å². The number of carbonyl (C=O) groups excluding carboxylic acids is 3. The normalized spacial score (nSPS) is 10.1. The number of nitrogens with one attached hydrogen (secondary N) is 6. The molecule has 168 valence electrons. The van der Waals surface area contributed by atoms with E-state index in [4.69, 9.17) is 0 Å². The van der Waals surface area contributed by atoms with Crippen LogP contribution in [0.15, 0.2) is 0 Å². The van der Waals surface area contributed by atoms with Gasteiger partial charge in [0.25, 0.3) is 0 Å². The smallest absolute Gasteiger partial charge is 0.229 e. The molecule has 3 amide bonds. The highest BCUT2D eigenvalue weighted by molar-refractivity contribution is 14.1. The van der Waals surface area contributed by atoms with Gasteiger partial charge in [0.1, 0.15) is 0 Å². The number of hydrogen-bond donors (Lipinski definition) is 6. The lowest BCUT2D eigenvalue weighted by molar-refractivity contribution is -0.119. The first-order valence-corrected chi connectivity index (χ1v) is 13.5. The van der Waals surface area contributed by atoms with Gasteiger partial charge in [0.05, 0.1) is 13.3 Å². The van der Waals surface area contributed by atoms with Gasteiger partial charge in [-0.2, -0.15) is 15.0 Å². The number of nitrogens with zero attached hydrogens (tertiary/aromatic N) is 3. The van der Waals surface area contributed by atoms with Crippen molar-refractivity contribution in [2.75, 3.05) is 68.5 Å². The molecule has 30 heavy (non-hydrogen) atoms. The Kier molecular flexibility index (Phi) is 15.0. The standard InChI is InChI=1S/C15H24I3N9O3/c16-7-10(28)19-1-4-22-13-25-14(23-5-2-20-11(29)8-17)27-15(26-13)24-6-3-21-12(30)9-18/h1-9H2,(H,19,28)(H,20,29)(H,21,30)(H3,22,23,24,25,26,27). The Balaban J connectivity index is 2.63. The minimum Gasteiger partial charge on any atom is -0.354 e. The second-order valence-electron chi connectivity index (χ2n) is 5.54. The summed E-state index contributed by atoms with van der Waals surface area (Å²) in [5.74, 6) is 0.892. The number of hydrogen-bond acceptors (Lipinski definition) is 9. The van der Waals surface area contributed by atoms with E-state index in [1.165, 1.54) is 0 Å².